The Balaban J connectivity index is 2.28. The SMILES string of the molecule is COCCNC(=O)c1cc([N+](=O)[O-])ccc1NC(=O)c1ccncc1. The molecule has 2 rings (SSSR count). The van der Waals surface area contributed by atoms with Crippen molar-refractivity contribution in [1.82, 2.24) is 10.3 Å². The molecule has 0 radical (unpaired) electrons. The van der Waals surface area contributed by atoms with Gasteiger partial charge in [-0.3, -0.25) is 24.7 Å². The fourth-order valence-corrected chi connectivity index (χ4v) is 2.00. The van der Waals surface area contributed by atoms with Crippen LogP contribution < -0.4 is 10.6 Å². The van der Waals surface area contributed by atoms with Crippen LogP contribution in [-0.2, 0) is 4.74 Å². The van der Waals surface area contributed by atoms with Crippen LogP contribution in [-0.4, -0.2) is 42.0 Å². The Kier molecular flexibility index (Phi) is 6.13. The number of hydrogen-bond acceptors (Lipinski definition) is 6. The number of nitro benzene ring substituents is 1. The molecular weight excluding hydrogens is 328 g/mol. The Labute approximate surface area is 143 Å². The molecule has 2 aromatic rings. The molecule has 9 heteroatoms. The smallest absolute Gasteiger partial charge is 0.270 e. The van der Waals surface area contributed by atoms with Crippen molar-refractivity contribution in [2.45, 2.75) is 0 Å². The summed E-state index contributed by atoms with van der Waals surface area (Å²) in [5, 5.41) is 16.1. The van der Waals surface area contributed by atoms with Crippen LogP contribution in [0.1, 0.15) is 20.7 Å². The Morgan fingerprint density at radius 2 is 1.92 bits per heavy atom. The number of hydrogen-bond donors (Lipinski definition) is 2. The molecule has 0 fully saturated rings. The molecular formula is C16H16N4O5. The van der Waals surface area contributed by atoms with Gasteiger partial charge in [0, 0.05) is 43.7 Å². The predicted molar refractivity (Wildman–Crippen MR) is 89.5 cm³/mol. The van der Waals surface area contributed by atoms with Gasteiger partial charge in [0.1, 0.15) is 0 Å². The van der Waals surface area contributed by atoms with Crippen molar-refractivity contribution in [2.75, 3.05) is 25.6 Å². The van der Waals surface area contributed by atoms with Gasteiger partial charge < -0.3 is 15.4 Å². The number of non-ortho nitro benzene ring substituents is 1. The number of methoxy groups -OCH3 is 1. The maximum atomic E-state index is 12.3. The fraction of sp³-hybridized carbons (Fsp3) is 0.188. The van der Waals surface area contributed by atoms with E-state index < -0.39 is 16.7 Å². The Hall–Kier alpha value is -3.33. The van der Waals surface area contributed by atoms with Crippen molar-refractivity contribution in [3.05, 3.63) is 64.0 Å². The highest BCUT2D eigenvalue weighted by atomic mass is 16.6. The Morgan fingerprint density at radius 3 is 2.56 bits per heavy atom. The number of pyridine rings is 1. The second kappa shape index (κ2) is 8.50. The van der Waals surface area contributed by atoms with Gasteiger partial charge in [0.05, 0.1) is 22.8 Å². The molecule has 130 valence electrons. The highest BCUT2D eigenvalue weighted by Crippen LogP contribution is 2.23. The highest BCUT2D eigenvalue weighted by molar-refractivity contribution is 6.09. The zero-order chi connectivity index (χ0) is 18.2. The van der Waals surface area contributed by atoms with Gasteiger partial charge in [-0.25, -0.2) is 0 Å². The lowest BCUT2D eigenvalue weighted by atomic mass is 10.1. The molecule has 2 N–H and O–H groups in total. The van der Waals surface area contributed by atoms with E-state index in [1.165, 1.54) is 43.8 Å². The largest absolute Gasteiger partial charge is 0.383 e. The van der Waals surface area contributed by atoms with Gasteiger partial charge in [-0.2, -0.15) is 0 Å². The van der Waals surface area contributed by atoms with E-state index in [-0.39, 0.29) is 23.5 Å². The molecule has 0 aliphatic carbocycles. The van der Waals surface area contributed by atoms with Gasteiger partial charge in [0.15, 0.2) is 0 Å². The summed E-state index contributed by atoms with van der Waals surface area (Å²) in [6.07, 6.45) is 2.92. The van der Waals surface area contributed by atoms with Crippen molar-refractivity contribution in [3.8, 4) is 0 Å². The van der Waals surface area contributed by atoms with Gasteiger partial charge in [0.25, 0.3) is 17.5 Å². The van der Waals surface area contributed by atoms with E-state index in [2.05, 4.69) is 15.6 Å². The number of rotatable bonds is 7. The summed E-state index contributed by atoms with van der Waals surface area (Å²) in [6, 6.07) is 6.68. The lowest BCUT2D eigenvalue weighted by molar-refractivity contribution is -0.384. The maximum absolute atomic E-state index is 12.3. The quantitative estimate of drug-likeness (QED) is 0.447. The second-order valence-corrected chi connectivity index (χ2v) is 4.93. The van der Waals surface area contributed by atoms with E-state index in [0.717, 1.165) is 6.07 Å². The number of aromatic nitrogens is 1. The molecule has 1 aromatic carbocycles. The van der Waals surface area contributed by atoms with Crippen LogP contribution in [0.2, 0.25) is 0 Å². The first-order valence-corrected chi connectivity index (χ1v) is 7.30. The maximum Gasteiger partial charge on any atom is 0.270 e. The van der Waals surface area contributed by atoms with Gasteiger partial charge >= 0.3 is 0 Å². The van der Waals surface area contributed by atoms with Crippen LogP contribution in [0.3, 0.4) is 0 Å². The lowest BCUT2D eigenvalue weighted by Gasteiger charge is -2.11. The molecule has 0 unspecified atom stereocenters. The standard InChI is InChI=1S/C16H16N4O5/c1-25-9-8-18-16(22)13-10-12(20(23)24)2-3-14(13)19-15(21)11-4-6-17-7-5-11/h2-7,10H,8-9H2,1H3,(H,18,22)(H,19,21). The Bertz CT molecular complexity index is 779. The van der Waals surface area contributed by atoms with Crippen LogP contribution in [0.25, 0.3) is 0 Å². The van der Waals surface area contributed by atoms with E-state index >= 15 is 0 Å². The molecule has 0 atom stereocenters. The van der Waals surface area contributed by atoms with Crippen molar-refractivity contribution in [1.29, 1.82) is 0 Å². The minimum atomic E-state index is -0.611. The van der Waals surface area contributed by atoms with Crippen molar-refractivity contribution >= 4 is 23.2 Å². The predicted octanol–water partition coefficient (Wildman–Crippen LogP) is 1.62. The van der Waals surface area contributed by atoms with Crippen molar-refractivity contribution in [3.63, 3.8) is 0 Å². The fourth-order valence-electron chi connectivity index (χ4n) is 2.00. The first kappa shape index (κ1) is 18.0. The molecule has 0 saturated heterocycles. The van der Waals surface area contributed by atoms with Crippen molar-refractivity contribution in [2.24, 2.45) is 0 Å². The molecule has 9 nitrogen and oxygen atoms in total. The molecule has 0 aliphatic heterocycles. The molecule has 0 spiro atoms. The van der Waals surface area contributed by atoms with Crippen LogP contribution in [0.15, 0.2) is 42.7 Å². The van der Waals surface area contributed by atoms with E-state index in [4.69, 9.17) is 4.74 Å². The number of benzene rings is 1. The van der Waals surface area contributed by atoms with E-state index in [1.54, 1.807) is 0 Å². The second-order valence-electron chi connectivity index (χ2n) is 4.93. The molecule has 0 aliphatic rings. The van der Waals surface area contributed by atoms with Crippen LogP contribution in [0.5, 0.6) is 0 Å². The topological polar surface area (TPSA) is 123 Å². The van der Waals surface area contributed by atoms with Gasteiger partial charge in [-0.1, -0.05) is 0 Å². The third kappa shape index (κ3) is 4.82. The first-order chi connectivity index (χ1) is 12.0. The summed E-state index contributed by atoms with van der Waals surface area (Å²) in [7, 11) is 1.49. The zero-order valence-corrected chi connectivity index (χ0v) is 13.4. The molecule has 0 bridgehead atoms. The van der Waals surface area contributed by atoms with E-state index in [9.17, 15) is 19.7 Å². The monoisotopic (exact) mass is 344 g/mol. The van der Waals surface area contributed by atoms with Crippen molar-refractivity contribution < 1.29 is 19.2 Å². The average Bonchev–Trinajstić information content (AvgIpc) is 2.62. The van der Waals surface area contributed by atoms with E-state index in [1.807, 2.05) is 0 Å². The first-order valence-electron chi connectivity index (χ1n) is 7.30. The Morgan fingerprint density at radius 1 is 1.20 bits per heavy atom. The number of carbonyl (C=O) groups is 2. The summed E-state index contributed by atoms with van der Waals surface area (Å²) < 4.78 is 4.84. The molecule has 0 saturated carbocycles. The van der Waals surface area contributed by atoms with Crippen LogP contribution >= 0.6 is 0 Å². The number of nitro groups is 1. The zero-order valence-electron chi connectivity index (χ0n) is 13.4. The summed E-state index contributed by atoms with van der Waals surface area (Å²) in [6.45, 7) is 0.523. The summed E-state index contributed by atoms with van der Waals surface area (Å²) >= 11 is 0. The normalized spacial score (nSPS) is 10.1. The summed E-state index contributed by atoms with van der Waals surface area (Å²) in [5.74, 6) is -1.01. The van der Waals surface area contributed by atoms with Gasteiger partial charge in [-0.15, -0.1) is 0 Å². The molecule has 1 heterocycles. The third-order valence-electron chi connectivity index (χ3n) is 3.24. The van der Waals surface area contributed by atoms with E-state index in [0.29, 0.717) is 12.2 Å². The molecule has 2 amide bonds. The average molecular weight is 344 g/mol. The number of anilines is 1. The third-order valence-corrected chi connectivity index (χ3v) is 3.24. The highest BCUT2D eigenvalue weighted by Gasteiger charge is 2.18. The number of amides is 2. The number of carbonyl (C=O) groups excluding carboxylic acids is 2. The molecule has 1 aromatic heterocycles. The minimum absolute atomic E-state index is 0.00675. The number of nitrogens with one attached hydrogen (secondary N) is 2. The van der Waals surface area contributed by atoms with Crippen LogP contribution in [0.4, 0.5) is 11.4 Å². The van der Waals surface area contributed by atoms with Gasteiger partial charge in [0.2, 0.25) is 0 Å². The summed E-state index contributed by atoms with van der Waals surface area (Å²) in [4.78, 5) is 38.7. The lowest BCUT2D eigenvalue weighted by Crippen LogP contribution is -2.28. The van der Waals surface area contributed by atoms with Crippen LogP contribution in [0, 0.1) is 10.1 Å². The minimum Gasteiger partial charge on any atom is -0.383 e. The van der Waals surface area contributed by atoms with Gasteiger partial charge in [-0.05, 0) is 18.2 Å². The number of nitrogens with zero attached hydrogens (tertiary/aromatic N) is 2. The number of ether oxygens (including phenoxy) is 1. The molecule has 25 heavy (non-hydrogen) atoms. The summed E-state index contributed by atoms with van der Waals surface area (Å²) in [5.41, 5.74) is 0.257.